The van der Waals surface area contributed by atoms with Gasteiger partial charge in [-0.1, -0.05) is 11.6 Å². The van der Waals surface area contributed by atoms with E-state index in [1.165, 1.54) is 0 Å². The lowest BCUT2D eigenvalue weighted by Gasteiger charge is -2.05. The molecule has 0 atom stereocenters. The molecular formula is C11H16ClN3O. The molecule has 0 unspecified atom stereocenters. The van der Waals surface area contributed by atoms with Gasteiger partial charge in [-0.05, 0) is 26.7 Å². The number of hydrogen-bond acceptors (Lipinski definition) is 2. The zero-order chi connectivity index (χ0) is 11.7. The molecule has 2 rings (SSSR count). The van der Waals surface area contributed by atoms with E-state index in [9.17, 15) is 4.79 Å². The lowest BCUT2D eigenvalue weighted by Crippen LogP contribution is -2.26. The average Bonchev–Trinajstić information content (AvgIpc) is 3.01. The van der Waals surface area contributed by atoms with Crippen molar-refractivity contribution in [2.45, 2.75) is 45.7 Å². The molecule has 0 aromatic carbocycles. The van der Waals surface area contributed by atoms with E-state index in [2.05, 4.69) is 10.4 Å². The van der Waals surface area contributed by atoms with Gasteiger partial charge in [0.15, 0.2) is 0 Å². The molecule has 4 nitrogen and oxygen atoms in total. The zero-order valence-corrected chi connectivity index (χ0v) is 10.3. The van der Waals surface area contributed by atoms with Crippen LogP contribution in [0, 0.1) is 13.8 Å². The number of nitrogens with one attached hydrogen (secondary N) is 1. The largest absolute Gasteiger partial charge is 0.353 e. The smallest absolute Gasteiger partial charge is 0.222 e. The molecule has 1 aliphatic carbocycles. The molecule has 1 heterocycles. The number of aryl methyl sites for hydroxylation is 2. The van der Waals surface area contributed by atoms with Crippen LogP contribution in [0.1, 0.15) is 30.7 Å². The fourth-order valence-corrected chi connectivity index (χ4v) is 1.76. The number of amides is 1. The lowest BCUT2D eigenvalue weighted by molar-refractivity contribution is -0.121. The van der Waals surface area contributed by atoms with E-state index in [4.69, 9.17) is 11.6 Å². The van der Waals surface area contributed by atoms with Gasteiger partial charge in [0, 0.05) is 12.5 Å². The summed E-state index contributed by atoms with van der Waals surface area (Å²) in [6.07, 6.45) is 2.71. The molecule has 1 N–H and O–H groups in total. The van der Waals surface area contributed by atoms with Gasteiger partial charge in [-0.15, -0.1) is 0 Å². The monoisotopic (exact) mass is 241 g/mol. The van der Waals surface area contributed by atoms with E-state index >= 15 is 0 Å². The molecule has 1 amide bonds. The van der Waals surface area contributed by atoms with Crippen molar-refractivity contribution in [1.82, 2.24) is 15.1 Å². The number of halogens is 1. The summed E-state index contributed by atoms with van der Waals surface area (Å²) in [6.45, 7) is 4.38. The number of nitrogens with zero attached hydrogens (tertiary/aromatic N) is 2. The van der Waals surface area contributed by atoms with Gasteiger partial charge in [-0.2, -0.15) is 5.10 Å². The Balaban J connectivity index is 1.88. The predicted octanol–water partition coefficient (Wildman–Crippen LogP) is 1.82. The van der Waals surface area contributed by atoms with Crippen LogP contribution in [0.15, 0.2) is 0 Å². The van der Waals surface area contributed by atoms with Crippen molar-refractivity contribution in [2.75, 3.05) is 0 Å². The second kappa shape index (κ2) is 4.45. The second-order valence-corrected chi connectivity index (χ2v) is 4.68. The topological polar surface area (TPSA) is 46.9 Å². The standard InChI is InChI=1S/C11H16ClN3O/c1-7-11(12)8(2)15(14-7)6-5-10(16)13-9-3-4-9/h9H,3-6H2,1-2H3,(H,13,16). The second-order valence-electron chi connectivity index (χ2n) is 4.30. The highest BCUT2D eigenvalue weighted by molar-refractivity contribution is 6.31. The van der Waals surface area contributed by atoms with Crippen molar-refractivity contribution in [3.8, 4) is 0 Å². The number of rotatable bonds is 4. The van der Waals surface area contributed by atoms with Crippen LogP contribution in [0.4, 0.5) is 0 Å². The molecule has 16 heavy (non-hydrogen) atoms. The number of aromatic nitrogens is 2. The van der Waals surface area contributed by atoms with E-state index in [0.717, 1.165) is 24.2 Å². The molecule has 5 heteroatoms. The van der Waals surface area contributed by atoms with Crippen LogP contribution < -0.4 is 5.32 Å². The molecular weight excluding hydrogens is 226 g/mol. The minimum Gasteiger partial charge on any atom is -0.353 e. The SMILES string of the molecule is Cc1nn(CCC(=O)NC2CC2)c(C)c1Cl. The first kappa shape index (κ1) is 11.5. The van der Waals surface area contributed by atoms with Crippen LogP contribution in [0.2, 0.25) is 5.02 Å². The molecule has 0 bridgehead atoms. The van der Waals surface area contributed by atoms with Gasteiger partial charge in [0.1, 0.15) is 0 Å². The van der Waals surface area contributed by atoms with Crippen molar-refractivity contribution in [1.29, 1.82) is 0 Å². The van der Waals surface area contributed by atoms with E-state index in [1.807, 2.05) is 13.8 Å². The Morgan fingerprint density at radius 1 is 1.56 bits per heavy atom. The minimum atomic E-state index is 0.103. The normalized spacial score (nSPS) is 15.2. The van der Waals surface area contributed by atoms with Crippen molar-refractivity contribution >= 4 is 17.5 Å². The Morgan fingerprint density at radius 3 is 2.75 bits per heavy atom. The highest BCUT2D eigenvalue weighted by Gasteiger charge is 2.23. The fourth-order valence-electron chi connectivity index (χ4n) is 1.63. The van der Waals surface area contributed by atoms with Crippen LogP contribution in [-0.2, 0) is 11.3 Å². The third-order valence-electron chi connectivity index (χ3n) is 2.79. The molecule has 0 saturated heterocycles. The molecule has 1 fully saturated rings. The number of carbonyl (C=O) groups is 1. The van der Waals surface area contributed by atoms with Gasteiger partial charge in [-0.3, -0.25) is 9.48 Å². The zero-order valence-electron chi connectivity index (χ0n) is 9.59. The highest BCUT2D eigenvalue weighted by atomic mass is 35.5. The van der Waals surface area contributed by atoms with Gasteiger partial charge in [0.25, 0.3) is 0 Å². The average molecular weight is 242 g/mol. The summed E-state index contributed by atoms with van der Waals surface area (Å²) in [7, 11) is 0. The van der Waals surface area contributed by atoms with Crippen molar-refractivity contribution in [3.05, 3.63) is 16.4 Å². The molecule has 1 aromatic rings. The third-order valence-corrected chi connectivity index (χ3v) is 3.33. The van der Waals surface area contributed by atoms with Crippen molar-refractivity contribution in [3.63, 3.8) is 0 Å². The Bertz CT molecular complexity index is 410. The first-order valence-corrected chi connectivity index (χ1v) is 5.94. The fraction of sp³-hybridized carbons (Fsp3) is 0.636. The van der Waals surface area contributed by atoms with E-state index < -0.39 is 0 Å². The Labute approximate surface area is 100.0 Å². The first-order chi connectivity index (χ1) is 7.58. The Hall–Kier alpha value is -1.03. The van der Waals surface area contributed by atoms with Gasteiger partial charge in [-0.25, -0.2) is 0 Å². The quantitative estimate of drug-likeness (QED) is 0.874. The summed E-state index contributed by atoms with van der Waals surface area (Å²) in [5.74, 6) is 0.103. The summed E-state index contributed by atoms with van der Waals surface area (Å²) in [6, 6.07) is 0.427. The number of carbonyl (C=O) groups excluding carboxylic acids is 1. The molecule has 1 aromatic heterocycles. The van der Waals surface area contributed by atoms with Crippen LogP contribution in [0.5, 0.6) is 0 Å². The number of hydrogen-bond donors (Lipinski definition) is 1. The van der Waals surface area contributed by atoms with Gasteiger partial charge in [0.2, 0.25) is 5.91 Å². The summed E-state index contributed by atoms with van der Waals surface area (Å²) in [4.78, 5) is 11.5. The maximum atomic E-state index is 11.5. The predicted molar refractivity (Wildman–Crippen MR) is 62.5 cm³/mol. The highest BCUT2D eigenvalue weighted by Crippen LogP contribution is 2.20. The maximum absolute atomic E-state index is 11.5. The first-order valence-electron chi connectivity index (χ1n) is 5.57. The summed E-state index contributed by atoms with van der Waals surface area (Å²) < 4.78 is 1.80. The third kappa shape index (κ3) is 2.55. The van der Waals surface area contributed by atoms with Crippen LogP contribution >= 0.6 is 11.6 Å². The van der Waals surface area contributed by atoms with Crippen molar-refractivity contribution in [2.24, 2.45) is 0 Å². The van der Waals surface area contributed by atoms with Gasteiger partial charge in [0.05, 0.1) is 23.0 Å². The lowest BCUT2D eigenvalue weighted by atomic mass is 10.3. The van der Waals surface area contributed by atoms with Crippen LogP contribution in [0.3, 0.4) is 0 Å². The van der Waals surface area contributed by atoms with Crippen molar-refractivity contribution < 1.29 is 4.79 Å². The molecule has 1 aliphatic rings. The van der Waals surface area contributed by atoms with Crippen LogP contribution in [-0.4, -0.2) is 21.7 Å². The molecule has 0 aliphatic heterocycles. The molecule has 0 radical (unpaired) electrons. The van der Waals surface area contributed by atoms with E-state index in [-0.39, 0.29) is 5.91 Å². The van der Waals surface area contributed by atoms with E-state index in [1.54, 1.807) is 4.68 Å². The maximum Gasteiger partial charge on any atom is 0.222 e. The Kier molecular flexibility index (Phi) is 3.19. The summed E-state index contributed by atoms with van der Waals surface area (Å²) >= 11 is 6.02. The summed E-state index contributed by atoms with van der Waals surface area (Å²) in [5.41, 5.74) is 1.75. The molecule has 88 valence electrons. The van der Waals surface area contributed by atoms with E-state index in [0.29, 0.717) is 24.0 Å². The molecule has 1 saturated carbocycles. The Morgan fingerprint density at radius 2 is 2.25 bits per heavy atom. The minimum absolute atomic E-state index is 0.103. The van der Waals surface area contributed by atoms with Gasteiger partial charge < -0.3 is 5.32 Å². The molecule has 0 spiro atoms. The van der Waals surface area contributed by atoms with Crippen LogP contribution in [0.25, 0.3) is 0 Å². The summed E-state index contributed by atoms with van der Waals surface area (Å²) in [5, 5.41) is 7.93. The van der Waals surface area contributed by atoms with Gasteiger partial charge >= 0.3 is 0 Å².